The highest BCUT2D eigenvalue weighted by atomic mass is 16.5. The second kappa shape index (κ2) is 11.0. The molecule has 4 nitrogen and oxygen atoms in total. The van der Waals surface area contributed by atoms with E-state index in [9.17, 15) is 0 Å². The largest absolute Gasteiger partial charge is 0.457 e. The van der Waals surface area contributed by atoms with E-state index >= 15 is 0 Å². The normalized spacial score (nSPS) is 14.2. The summed E-state index contributed by atoms with van der Waals surface area (Å²) in [5.41, 5.74) is 17.8. The summed E-state index contributed by atoms with van der Waals surface area (Å²) < 4.78 is 9.13. The minimum absolute atomic E-state index is 0.666. The van der Waals surface area contributed by atoms with E-state index in [2.05, 4.69) is 179 Å². The van der Waals surface area contributed by atoms with Gasteiger partial charge in [-0.3, -0.25) is 4.57 Å². The molecule has 2 N–H and O–H groups in total. The molecule has 3 heterocycles. The monoisotopic (exact) mass is 643 g/mol. The number of hydrogen-bond acceptors (Lipinski definition) is 3. The second-order valence-corrected chi connectivity index (χ2v) is 13.1. The van der Waals surface area contributed by atoms with Gasteiger partial charge in [-0.25, -0.2) is 0 Å². The van der Waals surface area contributed by atoms with E-state index in [-0.39, 0.29) is 0 Å². The van der Waals surface area contributed by atoms with Gasteiger partial charge in [0.05, 0.1) is 27.8 Å². The van der Waals surface area contributed by atoms with Crippen LogP contribution in [0, 0.1) is 0 Å². The van der Waals surface area contributed by atoms with E-state index in [1.54, 1.807) is 0 Å². The number of para-hydroxylation sites is 5. The van der Waals surface area contributed by atoms with Crippen LogP contribution in [0.3, 0.4) is 0 Å². The Morgan fingerprint density at radius 1 is 0.540 bits per heavy atom. The van der Waals surface area contributed by atoms with Crippen LogP contribution in [0.5, 0.6) is 11.5 Å². The number of nitrogens with zero attached hydrogens (tertiary/aromatic N) is 2. The van der Waals surface area contributed by atoms with Gasteiger partial charge in [-0.2, -0.15) is 0 Å². The van der Waals surface area contributed by atoms with Crippen LogP contribution in [0.25, 0.3) is 27.6 Å². The van der Waals surface area contributed by atoms with Crippen molar-refractivity contribution in [3.63, 3.8) is 0 Å². The Balaban J connectivity index is 1.31. The molecular weight excluding hydrogens is 611 g/mol. The fourth-order valence-corrected chi connectivity index (χ4v) is 8.39. The van der Waals surface area contributed by atoms with E-state index in [1.165, 1.54) is 16.7 Å². The van der Waals surface area contributed by atoms with Crippen LogP contribution in [0.2, 0.25) is 0 Å². The molecule has 50 heavy (non-hydrogen) atoms. The van der Waals surface area contributed by atoms with Crippen molar-refractivity contribution in [1.29, 1.82) is 0 Å². The molecule has 7 aromatic carbocycles. The zero-order valence-electron chi connectivity index (χ0n) is 27.3. The molecule has 1 spiro atoms. The lowest BCUT2D eigenvalue weighted by atomic mass is 9.61. The Hall–Kier alpha value is -6.52. The quantitative estimate of drug-likeness (QED) is 0.208. The Labute approximate surface area is 290 Å². The van der Waals surface area contributed by atoms with Crippen molar-refractivity contribution in [2.75, 3.05) is 4.90 Å². The van der Waals surface area contributed by atoms with Gasteiger partial charge in [0.25, 0.3) is 0 Å². The van der Waals surface area contributed by atoms with Gasteiger partial charge in [0.2, 0.25) is 0 Å². The molecule has 0 saturated carbocycles. The molecule has 2 aliphatic heterocycles. The van der Waals surface area contributed by atoms with Crippen molar-refractivity contribution in [3.05, 3.63) is 204 Å². The van der Waals surface area contributed by atoms with Crippen LogP contribution >= 0.6 is 0 Å². The molecule has 8 aromatic rings. The highest BCUT2D eigenvalue weighted by molar-refractivity contribution is 6.11. The third-order valence-electron chi connectivity index (χ3n) is 10.4. The maximum atomic E-state index is 7.06. The number of aromatic nitrogens is 1. The minimum Gasteiger partial charge on any atom is -0.457 e. The van der Waals surface area contributed by atoms with Gasteiger partial charge in [0.15, 0.2) is 0 Å². The highest BCUT2D eigenvalue weighted by Crippen LogP contribution is 2.63. The fourth-order valence-electron chi connectivity index (χ4n) is 8.39. The maximum Gasteiger partial charge on any atom is 0.133 e. The molecule has 1 aromatic heterocycles. The standard InChI is InChI=1S/C46H33N3O/c47-45(28-27-31-15-3-1-4-16-31)49-39-23-11-7-19-33(39)34-29-44-38(30-42(34)49)46(37-22-10-14-26-43(37)50-44)35-20-8-12-24-40(35)48(32-17-5-2-6-18-32)41-25-13-9-21-36(41)46/h1-26,28-30H,27,47H2/b45-28+. The van der Waals surface area contributed by atoms with E-state index in [1.807, 2.05) is 6.07 Å². The Morgan fingerprint density at radius 2 is 1.14 bits per heavy atom. The summed E-state index contributed by atoms with van der Waals surface area (Å²) in [5.74, 6) is 2.41. The summed E-state index contributed by atoms with van der Waals surface area (Å²) in [6.45, 7) is 0. The molecular formula is C46H33N3O. The number of anilines is 3. The van der Waals surface area contributed by atoms with E-state index < -0.39 is 5.41 Å². The van der Waals surface area contributed by atoms with Gasteiger partial charge in [-0.05, 0) is 77.7 Å². The molecule has 0 radical (unpaired) electrons. The molecule has 238 valence electrons. The average molecular weight is 644 g/mol. The SMILES string of the molecule is N/C(=C\Cc1ccccc1)n1c2ccccc2c2cc3c(cc21)C1(c2ccccc2O3)c2ccccc2N(c2ccccc2)c2ccccc21. The van der Waals surface area contributed by atoms with Gasteiger partial charge >= 0.3 is 0 Å². The van der Waals surface area contributed by atoms with Crippen LogP contribution < -0.4 is 15.4 Å². The molecule has 0 atom stereocenters. The number of benzene rings is 7. The first kappa shape index (κ1) is 28.5. The Kier molecular flexibility index (Phi) is 6.27. The molecule has 0 unspecified atom stereocenters. The van der Waals surface area contributed by atoms with E-state index in [0.29, 0.717) is 5.82 Å². The summed E-state index contributed by atoms with van der Waals surface area (Å²) in [5, 5.41) is 2.24. The van der Waals surface area contributed by atoms with Crippen LogP contribution in [0.4, 0.5) is 17.1 Å². The Bertz CT molecular complexity index is 2570. The maximum absolute atomic E-state index is 7.06. The number of rotatable bonds is 4. The van der Waals surface area contributed by atoms with Crippen LogP contribution in [0.15, 0.2) is 176 Å². The topological polar surface area (TPSA) is 43.4 Å². The van der Waals surface area contributed by atoms with E-state index in [0.717, 1.165) is 67.9 Å². The number of ether oxygens (including phenoxy) is 1. The fraction of sp³-hybridized carbons (Fsp3) is 0.0435. The van der Waals surface area contributed by atoms with Crippen molar-refractivity contribution < 1.29 is 4.74 Å². The minimum atomic E-state index is -0.666. The third-order valence-corrected chi connectivity index (χ3v) is 10.4. The second-order valence-electron chi connectivity index (χ2n) is 13.1. The Morgan fingerprint density at radius 3 is 1.88 bits per heavy atom. The molecule has 0 amide bonds. The summed E-state index contributed by atoms with van der Waals surface area (Å²) in [6, 6.07) is 60.4. The first-order valence-corrected chi connectivity index (χ1v) is 17.1. The first-order valence-electron chi connectivity index (χ1n) is 17.1. The zero-order chi connectivity index (χ0) is 33.2. The number of nitrogens with two attached hydrogens (primary N) is 1. The van der Waals surface area contributed by atoms with Gasteiger partial charge in [-0.1, -0.05) is 121 Å². The first-order chi connectivity index (χ1) is 24.7. The van der Waals surface area contributed by atoms with Crippen molar-refractivity contribution >= 4 is 44.7 Å². The zero-order valence-corrected chi connectivity index (χ0v) is 27.3. The lowest BCUT2D eigenvalue weighted by Crippen LogP contribution is -2.39. The van der Waals surface area contributed by atoms with Gasteiger partial charge in [0, 0.05) is 27.6 Å². The summed E-state index contributed by atoms with van der Waals surface area (Å²) in [7, 11) is 0. The smallest absolute Gasteiger partial charge is 0.133 e. The average Bonchev–Trinajstić information content (AvgIpc) is 3.50. The van der Waals surface area contributed by atoms with Crippen LogP contribution in [-0.4, -0.2) is 4.57 Å². The number of hydrogen-bond donors (Lipinski definition) is 1. The molecule has 0 fully saturated rings. The van der Waals surface area contributed by atoms with Crippen LogP contribution in [-0.2, 0) is 11.8 Å². The molecule has 2 aliphatic rings. The molecule has 0 aliphatic carbocycles. The van der Waals surface area contributed by atoms with Crippen molar-refractivity contribution in [2.45, 2.75) is 11.8 Å². The molecule has 0 bridgehead atoms. The van der Waals surface area contributed by atoms with Crippen molar-refractivity contribution in [1.82, 2.24) is 4.57 Å². The lowest BCUT2D eigenvalue weighted by Gasteiger charge is -2.48. The summed E-state index contributed by atoms with van der Waals surface area (Å²) >= 11 is 0. The molecule has 4 heteroatoms. The summed E-state index contributed by atoms with van der Waals surface area (Å²) in [6.07, 6.45) is 2.87. The van der Waals surface area contributed by atoms with Gasteiger partial charge < -0.3 is 15.4 Å². The molecule has 10 rings (SSSR count). The van der Waals surface area contributed by atoms with Gasteiger partial charge in [-0.15, -0.1) is 0 Å². The number of fused-ring (bicyclic) bond motifs is 11. The highest BCUT2D eigenvalue weighted by Gasteiger charge is 2.51. The number of allylic oxidation sites excluding steroid dienone is 1. The molecule has 0 saturated heterocycles. The van der Waals surface area contributed by atoms with E-state index in [4.69, 9.17) is 10.5 Å². The van der Waals surface area contributed by atoms with Gasteiger partial charge in [0.1, 0.15) is 17.3 Å². The predicted molar refractivity (Wildman–Crippen MR) is 205 cm³/mol. The summed E-state index contributed by atoms with van der Waals surface area (Å²) in [4.78, 5) is 2.40. The van der Waals surface area contributed by atoms with Crippen LogP contribution in [0.1, 0.15) is 27.8 Å². The van der Waals surface area contributed by atoms with Crippen molar-refractivity contribution in [3.8, 4) is 11.5 Å². The third kappa shape index (κ3) is 3.99. The predicted octanol–water partition coefficient (Wildman–Crippen LogP) is 11.1. The lowest BCUT2D eigenvalue weighted by molar-refractivity contribution is 0.435. The van der Waals surface area contributed by atoms with Crippen molar-refractivity contribution in [2.24, 2.45) is 5.73 Å².